The number of anilines is 1. The lowest BCUT2D eigenvalue weighted by Crippen LogP contribution is -2.14. The standard InChI is InChI=1S/C26H29N3O2S/c1-3-19-29-24-11-7-6-10-23(24)27-26(29)18-15-20-13-16-22(17-14-20)28-32(30,31)25-12-8-5-9-21(25)4-2/h5-14,16-17,28H,3-4,15,18-19H2,1-2H3. The van der Waals surface area contributed by atoms with Crippen molar-refractivity contribution in [1.82, 2.24) is 9.55 Å². The van der Waals surface area contributed by atoms with E-state index in [-0.39, 0.29) is 0 Å². The Kier molecular flexibility index (Phi) is 6.61. The fraction of sp³-hybridized carbons (Fsp3) is 0.269. The first-order chi connectivity index (χ1) is 15.5. The van der Waals surface area contributed by atoms with E-state index in [1.54, 1.807) is 12.1 Å². The molecule has 0 unspecified atom stereocenters. The molecule has 0 fully saturated rings. The molecule has 32 heavy (non-hydrogen) atoms. The van der Waals surface area contributed by atoms with Crippen molar-refractivity contribution in [3.05, 3.63) is 89.7 Å². The summed E-state index contributed by atoms with van der Waals surface area (Å²) in [5.74, 6) is 1.09. The van der Waals surface area contributed by atoms with Crippen LogP contribution in [0.1, 0.15) is 37.2 Å². The van der Waals surface area contributed by atoms with Crippen molar-refractivity contribution in [2.45, 2.75) is 51.0 Å². The van der Waals surface area contributed by atoms with Crippen molar-refractivity contribution in [3.63, 3.8) is 0 Å². The number of nitrogens with one attached hydrogen (secondary N) is 1. The van der Waals surface area contributed by atoms with Gasteiger partial charge in [0.2, 0.25) is 0 Å². The highest BCUT2D eigenvalue weighted by Crippen LogP contribution is 2.22. The van der Waals surface area contributed by atoms with E-state index in [1.165, 1.54) is 5.52 Å². The number of aryl methyl sites for hydroxylation is 4. The highest BCUT2D eigenvalue weighted by molar-refractivity contribution is 7.92. The van der Waals surface area contributed by atoms with Crippen LogP contribution in [-0.4, -0.2) is 18.0 Å². The van der Waals surface area contributed by atoms with Gasteiger partial charge in [-0.15, -0.1) is 0 Å². The van der Waals surface area contributed by atoms with E-state index in [0.29, 0.717) is 17.0 Å². The van der Waals surface area contributed by atoms with Crippen molar-refractivity contribution >= 4 is 26.7 Å². The van der Waals surface area contributed by atoms with Gasteiger partial charge < -0.3 is 4.57 Å². The molecule has 0 saturated carbocycles. The van der Waals surface area contributed by atoms with Crippen LogP contribution in [0.2, 0.25) is 0 Å². The van der Waals surface area contributed by atoms with E-state index < -0.39 is 10.0 Å². The summed E-state index contributed by atoms with van der Waals surface area (Å²) in [5.41, 5.74) is 4.75. The maximum atomic E-state index is 12.8. The first kappa shape index (κ1) is 22.1. The number of hydrogen-bond donors (Lipinski definition) is 1. The molecule has 0 saturated heterocycles. The fourth-order valence-electron chi connectivity index (χ4n) is 4.05. The summed E-state index contributed by atoms with van der Waals surface area (Å²) >= 11 is 0. The van der Waals surface area contributed by atoms with Crippen LogP contribution in [-0.2, 0) is 35.8 Å². The molecule has 0 aliphatic heterocycles. The van der Waals surface area contributed by atoms with E-state index in [2.05, 4.69) is 34.4 Å². The third-order valence-corrected chi connectivity index (χ3v) is 7.15. The van der Waals surface area contributed by atoms with Crippen LogP contribution in [0.3, 0.4) is 0 Å². The molecule has 0 amide bonds. The quantitative estimate of drug-likeness (QED) is 0.363. The molecule has 3 aromatic carbocycles. The highest BCUT2D eigenvalue weighted by atomic mass is 32.2. The van der Waals surface area contributed by atoms with Crippen LogP contribution in [0.25, 0.3) is 11.0 Å². The first-order valence-electron chi connectivity index (χ1n) is 11.2. The number of benzene rings is 3. The van der Waals surface area contributed by atoms with Gasteiger partial charge in [-0.2, -0.15) is 0 Å². The minimum atomic E-state index is -3.61. The Morgan fingerprint density at radius 3 is 2.34 bits per heavy atom. The van der Waals surface area contributed by atoms with Gasteiger partial charge in [0.25, 0.3) is 10.0 Å². The third kappa shape index (κ3) is 4.70. The molecule has 1 N–H and O–H groups in total. The zero-order chi connectivity index (χ0) is 22.6. The van der Waals surface area contributed by atoms with Crippen molar-refractivity contribution in [3.8, 4) is 0 Å². The molecule has 4 rings (SSSR count). The molecule has 0 aliphatic rings. The molecule has 0 bridgehead atoms. The molecule has 1 heterocycles. The van der Waals surface area contributed by atoms with Crippen molar-refractivity contribution in [2.75, 3.05) is 4.72 Å². The van der Waals surface area contributed by atoms with Gasteiger partial charge in [0.15, 0.2) is 0 Å². The molecule has 0 radical (unpaired) electrons. The summed E-state index contributed by atoms with van der Waals surface area (Å²) < 4.78 is 30.7. The van der Waals surface area contributed by atoms with Crippen LogP contribution in [0, 0.1) is 0 Å². The zero-order valence-corrected chi connectivity index (χ0v) is 19.4. The van der Waals surface area contributed by atoms with Gasteiger partial charge in [-0.3, -0.25) is 4.72 Å². The van der Waals surface area contributed by atoms with Gasteiger partial charge in [0, 0.05) is 18.7 Å². The molecule has 0 aliphatic carbocycles. The fourth-order valence-corrected chi connectivity index (χ4v) is 5.42. The van der Waals surface area contributed by atoms with Crippen LogP contribution >= 0.6 is 0 Å². The number of sulfonamides is 1. The Morgan fingerprint density at radius 1 is 0.875 bits per heavy atom. The average Bonchev–Trinajstić information content (AvgIpc) is 3.16. The minimum Gasteiger partial charge on any atom is -0.328 e. The molecule has 0 atom stereocenters. The lowest BCUT2D eigenvalue weighted by Gasteiger charge is -2.12. The summed E-state index contributed by atoms with van der Waals surface area (Å²) in [6.07, 6.45) is 3.41. The van der Waals surface area contributed by atoms with Gasteiger partial charge in [0.1, 0.15) is 5.82 Å². The van der Waals surface area contributed by atoms with Gasteiger partial charge in [-0.25, -0.2) is 13.4 Å². The average molecular weight is 448 g/mol. The summed E-state index contributed by atoms with van der Waals surface area (Å²) in [4.78, 5) is 5.17. The monoisotopic (exact) mass is 447 g/mol. The van der Waals surface area contributed by atoms with Gasteiger partial charge in [-0.1, -0.05) is 56.3 Å². The number of para-hydroxylation sites is 2. The number of rotatable bonds is 9. The second-order valence-electron chi connectivity index (χ2n) is 7.93. The predicted octanol–water partition coefficient (Wildman–Crippen LogP) is 5.59. The first-order valence-corrected chi connectivity index (χ1v) is 12.6. The van der Waals surface area contributed by atoms with Crippen LogP contribution in [0.5, 0.6) is 0 Å². The van der Waals surface area contributed by atoms with Gasteiger partial charge >= 0.3 is 0 Å². The Labute approximate surface area is 190 Å². The Morgan fingerprint density at radius 2 is 1.59 bits per heavy atom. The van der Waals surface area contributed by atoms with Crippen LogP contribution < -0.4 is 4.72 Å². The highest BCUT2D eigenvalue weighted by Gasteiger charge is 2.17. The minimum absolute atomic E-state index is 0.335. The number of fused-ring (bicyclic) bond motifs is 1. The van der Waals surface area contributed by atoms with Crippen LogP contribution in [0.4, 0.5) is 5.69 Å². The van der Waals surface area contributed by atoms with Gasteiger partial charge in [-0.05, 0) is 60.7 Å². The van der Waals surface area contributed by atoms with Gasteiger partial charge in [0.05, 0.1) is 15.9 Å². The molecule has 5 nitrogen and oxygen atoms in total. The lowest BCUT2D eigenvalue weighted by atomic mass is 10.1. The lowest BCUT2D eigenvalue weighted by molar-refractivity contribution is 0.600. The number of aromatic nitrogens is 2. The Hall–Kier alpha value is -3.12. The van der Waals surface area contributed by atoms with E-state index >= 15 is 0 Å². The predicted molar refractivity (Wildman–Crippen MR) is 131 cm³/mol. The van der Waals surface area contributed by atoms with Crippen molar-refractivity contribution < 1.29 is 8.42 Å². The maximum absolute atomic E-state index is 12.8. The van der Waals surface area contributed by atoms with Crippen molar-refractivity contribution in [2.24, 2.45) is 0 Å². The maximum Gasteiger partial charge on any atom is 0.262 e. The Bertz CT molecular complexity index is 1310. The SMILES string of the molecule is CCCn1c(CCc2ccc(NS(=O)(=O)c3ccccc3CC)cc2)nc2ccccc21. The number of hydrogen-bond acceptors (Lipinski definition) is 3. The smallest absolute Gasteiger partial charge is 0.262 e. The molecular formula is C26H29N3O2S. The summed E-state index contributed by atoms with van der Waals surface area (Å²) in [6.45, 7) is 5.09. The Balaban J connectivity index is 1.47. The molecule has 166 valence electrons. The van der Waals surface area contributed by atoms with E-state index in [4.69, 9.17) is 4.98 Å². The van der Waals surface area contributed by atoms with Crippen molar-refractivity contribution in [1.29, 1.82) is 0 Å². The van der Waals surface area contributed by atoms with E-state index in [9.17, 15) is 8.42 Å². The zero-order valence-electron chi connectivity index (χ0n) is 18.6. The normalized spacial score (nSPS) is 11.7. The largest absolute Gasteiger partial charge is 0.328 e. The van der Waals surface area contributed by atoms with Crippen LogP contribution in [0.15, 0.2) is 77.7 Å². The molecule has 4 aromatic rings. The number of nitrogens with zero attached hydrogens (tertiary/aromatic N) is 2. The molecule has 6 heteroatoms. The topological polar surface area (TPSA) is 64.0 Å². The second-order valence-corrected chi connectivity index (χ2v) is 9.58. The number of imidazole rings is 1. The van der Waals surface area contributed by atoms with E-state index in [1.807, 2.05) is 49.4 Å². The molecule has 0 spiro atoms. The summed E-state index contributed by atoms with van der Waals surface area (Å²) in [5, 5.41) is 0. The summed E-state index contributed by atoms with van der Waals surface area (Å²) in [6, 6.07) is 23.0. The summed E-state index contributed by atoms with van der Waals surface area (Å²) in [7, 11) is -3.61. The van der Waals surface area contributed by atoms with E-state index in [0.717, 1.165) is 48.3 Å². The third-order valence-electron chi connectivity index (χ3n) is 5.67. The molecule has 1 aromatic heterocycles. The molecular weight excluding hydrogens is 418 g/mol. The second kappa shape index (κ2) is 9.57.